The average Bonchev–Trinajstić information content (AvgIpc) is 2.28. The lowest BCUT2D eigenvalue weighted by Crippen LogP contribution is -1.93. The highest BCUT2D eigenvalue weighted by Gasteiger charge is 2.02. The third-order valence-corrected chi connectivity index (χ3v) is 2.26. The molecule has 2 N–H and O–H groups in total. The van der Waals surface area contributed by atoms with E-state index in [0.29, 0.717) is 5.82 Å². The van der Waals surface area contributed by atoms with E-state index in [1.165, 1.54) is 0 Å². The van der Waals surface area contributed by atoms with Crippen LogP contribution < -0.4 is 10.5 Å². The first kappa shape index (κ1) is 10.4. The normalized spacial score (nSPS) is 10.1. The van der Waals surface area contributed by atoms with Gasteiger partial charge in [-0.3, -0.25) is 4.98 Å². The second-order valence-electron chi connectivity index (χ2n) is 3.54. The molecule has 0 aliphatic rings. The van der Waals surface area contributed by atoms with Gasteiger partial charge in [-0.25, -0.2) is 4.98 Å². The summed E-state index contributed by atoms with van der Waals surface area (Å²) in [5, 5.41) is 0. The first-order valence-corrected chi connectivity index (χ1v) is 4.92. The van der Waals surface area contributed by atoms with Gasteiger partial charge in [-0.2, -0.15) is 0 Å². The Kier molecular flexibility index (Phi) is 2.72. The van der Waals surface area contributed by atoms with Gasteiger partial charge in [0.25, 0.3) is 0 Å². The molecule has 2 rings (SSSR count). The summed E-state index contributed by atoms with van der Waals surface area (Å²) in [7, 11) is 1.62. The highest BCUT2D eigenvalue weighted by atomic mass is 16.5. The Morgan fingerprint density at radius 1 is 1.12 bits per heavy atom. The summed E-state index contributed by atoms with van der Waals surface area (Å²) in [4.78, 5) is 8.23. The van der Waals surface area contributed by atoms with Gasteiger partial charge in [-0.1, -0.05) is 0 Å². The minimum Gasteiger partial charge on any atom is -0.495 e. The maximum atomic E-state index is 5.70. The van der Waals surface area contributed by atoms with E-state index in [1.807, 2.05) is 25.1 Å². The zero-order chi connectivity index (χ0) is 11.5. The quantitative estimate of drug-likeness (QED) is 0.832. The fourth-order valence-electron chi connectivity index (χ4n) is 1.55. The van der Waals surface area contributed by atoms with Crippen molar-refractivity contribution in [2.75, 3.05) is 12.8 Å². The van der Waals surface area contributed by atoms with Crippen LogP contribution in [0.2, 0.25) is 0 Å². The number of nitrogens with two attached hydrogens (primary N) is 1. The van der Waals surface area contributed by atoms with Crippen LogP contribution in [0.1, 0.15) is 5.69 Å². The molecule has 0 unspecified atom stereocenters. The fraction of sp³-hybridized carbons (Fsp3) is 0.167. The van der Waals surface area contributed by atoms with Crippen molar-refractivity contribution >= 4 is 5.82 Å². The number of hydrogen-bond acceptors (Lipinski definition) is 4. The van der Waals surface area contributed by atoms with Crippen molar-refractivity contribution in [2.45, 2.75) is 6.92 Å². The van der Waals surface area contributed by atoms with Crippen LogP contribution in [0.4, 0.5) is 5.82 Å². The van der Waals surface area contributed by atoms with E-state index in [-0.39, 0.29) is 0 Å². The second kappa shape index (κ2) is 4.18. The Morgan fingerprint density at radius 2 is 1.94 bits per heavy atom. The van der Waals surface area contributed by atoms with E-state index < -0.39 is 0 Å². The topological polar surface area (TPSA) is 61.0 Å². The number of methoxy groups -OCH3 is 1. The number of rotatable bonds is 2. The van der Waals surface area contributed by atoms with Gasteiger partial charge in [0.1, 0.15) is 11.6 Å². The molecule has 0 atom stereocenters. The molecule has 82 valence electrons. The third kappa shape index (κ3) is 2.11. The van der Waals surface area contributed by atoms with Crippen molar-refractivity contribution in [1.82, 2.24) is 9.97 Å². The molecule has 0 amide bonds. The summed E-state index contributed by atoms with van der Waals surface area (Å²) < 4.78 is 5.13. The number of aryl methyl sites for hydroxylation is 1. The minimum atomic E-state index is 0.512. The van der Waals surface area contributed by atoms with Gasteiger partial charge >= 0.3 is 0 Å². The molecule has 0 radical (unpaired) electrons. The van der Waals surface area contributed by atoms with E-state index >= 15 is 0 Å². The van der Waals surface area contributed by atoms with Crippen molar-refractivity contribution in [3.63, 3.8) is 0 Å². The predicted molar refractivity (Wildman–Crippen MR) is 63.2 cm³/mol. The van der Waals surface area contributed by atoms with Gasteiger partial charge in [0.05, 0.1) is 13.3 Å². The first-order valence-electron chi connectivity index (χ1n) is 4.92. The molecule has 0 spiro atoms. The Hall–Kier alpha value is -2.10. The van der Waals surface area contributed by atoms with Crippen LogP contribution in [0.3, 0.4) is 0 Å². The molecular weight excluding hydrogens is 202 g/mol. The maximum Gasteiger partial charge on any atom is 0.137 e. The summed E-state index contributed by atoms with van der Waals surface area (Å²) in [5.74, 6) is 1.24. The first-order chi connectivity index (χ1) is 7.69. The van der Waals surface area contributed by atoms with Crippen molar-refractivity contribution in [1.29, 1.82) is 0 Å². The third-order valence-electron chi connectivity index (χ3n) is 2.26. The monoisotopic (exact) mass is 215 g/mol. The highest BCUT2D eigenvalue weighted by molar-refractivity contribution is 5.66. The summed E-state index contributed by atoms with van der Waals surface area (Å²) in [6.07, 6.45) is 3.44. The fourth-order valence-corrected chi connectivity index (χ4v) is 1.55. The molecule has 4 nitrogen and oxygen atoms in total. The summed E-state index contributed by atoms with van der Waals surface area (Å²) in [5.41, 5.74) is 8.56. The standard InChI is InChI=1S/C12H13N3O/c1-8-3-9(5-12(13)15-8)10-4-11(16-2)7-14-6-10/h3-7H,1-2H3,(H2,13,15). The molecule has 0 aliphatic heterocycles. The van der Waals surface area contributed by atoms with Crippen molar-refractivity contribution in [3.05, 3.63) is 36.3 Å². The molecule has 0 saturated heterocycles. The van der Waals surface area contributed by atoms with Crippen LogP contribution in [0.25, 0.3) is 11.1 Å². The van der Waals surface area contributed by atoms with Crippen LogP contribution >= 0.6 is 0 Å². The molecule has 2 aromatic heterocycles. The van der Waals surface area contributed by atoms with Crippen molar-refractivity contribution in [2.24, 2.45) is 0 Å². The molecule has 16 heavy (non-hydrogen) atoms. The Bertz CT molecular complexity index is 491. The number of hydrogen-bond donors (Lipinski definition) is 1. The molecule has 0 bridgehead atoms. The molecule has 4 heteroatoms. The average molecular weight is 215 g/mol. The van der Waals surface area contributed by atoms with Crippen LogP contribution in [-0.4, -0.2) is 17.1 Å². The highest BCUT2D eigenvalue weighted by Crippen LogP contribution is 2.24. The number of ether oxygens (including phenoxy) is 1. The van der Waals surface area contributed by atoms with Crippen LogP contribution in [0, 0.1) is 6.92 Å². The Labute approximate surface area is 94.1 Å². The SMILES string of the molecule is COc1cncc(-c2cc(C)nc(N)c2)c1. The van der Waals surface area contributed by atoms with Gasteiger partial charge in [0, 0.05) is 17.5 Å². The molecule has 0 saturated carbocycles. The Balaban J connectivity index is 2.49. The number of anilines is 1. The van der Waals surface area contributed by atoms with Crippen molar-refractivity contribution < 1.29 is 4.74 Å². The molecule has 0 fully saturated rings. The van der Waals surface area contributed by atoms with E-state index in [9.17, 15) is 0 Å². The van der Waals surface area contributed by atoms with E-state index in [2.05, 4.69) is 9.97 Å². The van der Waals surface area contributed by atoms with Gasteiger partial charge in [-0.05, 0) is 30.7 Å². The van der Waals surface area contributed by atoms with E-state index in [0.717, 1.165) is 22.6 Å². The van der Waals surface area contributed by atoms with Crippen LogP contribution in [0.15, 0.2) is 30.6 Å². The van der Waals surface area contributed by atoms with E-state index in [4.69, 9.17) is 10.5 Å². The summed E-state index contributed by atoms with van der Waals surface area (Å²) in [6.45, 7) is 1.91. The Morgan fingerprint density at radius 3 is 2.62 bits per heavy atom. The molecule has 2 aromatic rings. The van der Waals surface area contributed by atoms with Crippen LogP contribution in [-0.2, 0) is 0 Å². The molecule has 0 aliphatic carbocycles. The van der Waals surface area contributed by atoms with Gasteiger partial charge in [-0.15, -0.1) is 0 Å². The van der Waals surface area contributed by atoms with Gasteiger partial charge in [0.15, 0.2) is 0 Å². The molecular formula is C12H13N3O. The zero-order valence-electron chi connectivity index (χ0n) is 9.27. The lowest BCUT2D eigenvalue weighted by Gasteiger charge is -2.05. The minimum absolute atomic E-state index is 0.512. The molecule has 2 heterocycles. The van der Waals surface area contributed by atoms with Gasteiger partial charge < -0.3 is 10.5 Å². The number of pyridine rings is 2. The maximum absolute atomic E-state index is 5.70. The van der Waals surface area contributed by atoms with Gasteiger partial charge in [0.2, 0.25) is 0 Å². The summed E-state index contributed by atoms with van der Waals surface area (Å²) in [6, 6.07) is 5.71. The van der Waals surface area contributed by atoms with Crippen LogP contribution in [0.5, 0.6) is 5.75 Å². The van der Waals surface area contributed by atoms with Crippen molar-refractivity contribution in [3.8, 4) is 16.9 Å². The van der Waals surface area contributed by atoms with E-state index in [1.54, 1.807) is 19.5 Å². The summed E-state index contributed by atoms with van der Waals surface area (Å²) >= 11 is 0. The smallest absolute Gasteiger partial charge is 0.137 e. The number of nitrogen functional groups attached to an aromatic ring is 1. The number of nitrogens with zero attached hydrogens (tertiary/aromatic N) is 2. The number of aromatic nitrogens is 2. The lowest BCUT2D eigenvalue weighted by atomic mass is 10.1. The zero-order valence-corrected chi connectivity index (χ0v) is 9.27. The second-order valence-corrected chi connectivity index (χ2v) is 3.54. The largest absolute Gasteiger partial charge is 0.495 e. The molecule has 0 aromatic carbocycles. The predicted octanol–water partition coefficient (Wildman–Crippen LogP) is 2.04. The lowest BCUT2D eigenvalue weighted by molar-refractivity contribution is 0.413.